The largest absolute Gasteiger partial charge is 0.497 e. The Morgan fingerprint density at radius 1 is 1.00 bits per heavy atom. The molecule has 0 aliphatic carbocycles. The van der Waals surface area contributed by atoms with Crippen molar-refractivity contribution in [3.05, 3.63) is 71.9 Å². The lowest BCUT2D eigenvalue weighted by Gasteiger charge is -2.06. The maximum atomic E-state index is 12.2. The van der Waals surface area contributed by atoms with Crippen LogP contribution in [-0.4, -0.2) is 29.0 Å². The Hall–Kier alpha value is -3.47. The summed E-state index contributed by atoms with van der Waals surface area (Å²) in [6.07, 6.45) is 1.52. The molecule has 25 heavy (non-hydrogen) atoms. The summed E-state index contributed by atoms with van der Waals surface area (Å²) in [4.78, 5) is 27.8. The van der Waals surface area contributed by atoms with Crippen LogP contribution < -0.4 is 4.74 Å². The van der Waals surface area contributed by atoms with Gasteiger partial charge in [0.15, 0.2) is 0 Å². The molecule has 3 rings (SSSR count). The van der Waals surface area contributed by atoms with Gasteiger partial charge in [-0.05, 0) is 35.9 Å². The van der Waals surface area contributed by atoms with Crippen LogP contribution in [0.4, 0.5) is 0 Å². The highest BCUT2D eigenvalue weighted by molar-refractivity contribution is 6.52. The Kier molecular flexibility index (Phi) is 4.57. The predicted molar refractivity (Wildman–Crippen MR) is 95.3 cm³/mol. The smallest absolute Gasteiger partial charge is 0.377 e. The van der Waals surface area contributed by atoms with E-state index >= 15 is 0 Å². The molecule has 0 amide bonds. The molecule has 0 atom stereocenters. The van der Waals surface area contributed by atoms with Gasteiger partial charge in [0, 0.05) is 5.39 Å². The fourth-order valence-corrected chi connectivity index (χ4v) is 2.45. The quantitative estimate of drug-likeness (QED) is 0.572. The zero-order valence-corrected chi connectivity index (χ0v) is 13.5. The molecule has 0 aliphatic heterocycles. The molecule has 0 saturated heterocycles. The zero-order chi connectivity index (χ0) is 17.8. The van der Waals surface area contributed by atoms with Crippen LogP contribution >= 0.6 is 0 Å². The van der Waals surface area contributed by atoms with Crippen LogP contribution in [0.2, 0.25) is 0 Å². The van der Waals surface area contributed by atoms with E-state index in [0.717, 1.165) is 5.39 Å². The lowest BCUT2D eigenvalue weighted by molar-refractivity contribution is -0.146. The van der Waals surface area contributed by atoms with Crippen molar-refractivity contribution in [3.63, 3.8) is 0 Å². The second kappa shape index (κ2) is 6.97. The van der Waals surface area contributed by atoms with Gasteiger partial charge in [-0.25, -0.2) is 9.78 Å². The number of para-hydroxylation sites is 1. The molecular weight excluding hydrogens is 318 g/mol. The van der Waals surface area contributed by atoms with Crippen molar-refractivity contribution in [2.24, 2.45) is 0 Å². The lowest BCUT2D eigenvalue weighted by Crippen LogP contribution is -2.15. The molecule has 0 bridgehead atoms. The van der Waals surface area contributed by atoms with Gasteiger partial charge in [0.25, 0.3) is 5.78 Å². The van der Waals surface area contributed by atoms with Crippen molar-refractivity contribution >= 4 is 34.3 Å². The van der Waals surface area contributed by atoms with Crippen molar-refractivity contribution < 1.29 is 19.4 Å². The number of fused-ring (bicyclic) bond motifs is 1. The van der Waals surface area contributed by atoms with E-state index in [4.69, 9.17) is 9.84 Å². The van der Waals surface area contributed by atoms with Crippen molar-refractivity contribution in [2.75, 3.05) is 7.11 Å². The second-order valence-electron chi connectivity index (χ2n) is 5.35. The average Bonchev–Trinajstić information content (AvgIpc) is 2.65. The summed E-state index contributed by atoms with van der Waals surface area (Å²) in [7, 11) is 1.56. The van der Waals surface area contributed by atoms with Crippen LogP contribution in [0.15, 0.2) is 60.7 Å². The molecule has 5 nitrogen and oxygen atoms in total. The Balaban J connectivity index is 2.11. The number of benzene rings is 2. The number of aromatic nitrogens is 1. The molecule has 1 N–H and O–H groups in total. The maximum Gasteiger partial charge on any atom is 0.377 e. The summed E-state index contributed by atoms with van der Waals surface area (Å²) >= 11 is 0. The van der Waals surface area contributed by atoms with Gasteiger partial charge in [0.2, 0.25) is 0 Å². The predicted octanol–water partition coefficient (Wildman–Crippen LogP) is 3.44. The van der Waals surface area contributed by atoms with E-state index < -0.39 is 11.8 Å². The number of carbonyl (C=O) groups is 2. The number of rotatable bonds is 5. The van der Waals surface area contributed by atoms with Gasteiger partial charge in [-0.2, -0.15) is 0 Å². The minimum Gasteiger partial charge on any atom is -0.497 e. The summed E-state index contributed by atoms with van der Waals surface area (Å²) in [6.45, 7) is 0. The molecule has 0 aliphatic rings. The van der Waals surface area contributed by atoms with Gasteiger partial charge < -0.3 is 9.84 Å². The second-order valence-corrected chi connectivity index (χ2v) is 5.35. The molecule has 0 spiro atoms. The van der Waals surface area contributed by atoms with Crippen molar-refractivity contribution in [2.45, 2.75) is 0 Å². The number of hydrogen-bond donors (Lipinski definition) is 1. The van der Waals surface area contributed by atoms with Gasteiger partial charge in [-0.3, -0.25) is 4.79 Å². The van der Waals surface area contributed by atoms with E-state index in [1.54, 1.807) is 37.4 Å². The molecule has 0 fully saturated rings. The Morgan fingerprint density at radius 2 is 1.72 bits per heavy atom. The molecule has 0 saturated carbocycles. The van der Waals surface area contributed by atoms with Crippen molar-refractivity contribution in [1.82, 2.24) is 4.98 Å². The molecule has 3 aromatic rings. The molecule has 124 valence electrons. The third kappa shape index (κ3) is 3.55. The van der Waals surface area contributed by atoms with Gasteiger partial charge >= 0.3 is 5.97 Å². The Bertz CT molecular complexity index is 974. The van der Waals surface area contributed by atoms with Crippen LogP contribution in [0.25, 0.3) is 22.6 Å². The van der Waals surface area contributed by atoms with E-state index in [1.807, 2.05) is 30.3 Å². The maximum absolute atomic E-state index is 12.2. The molecule has 1 aromatic heterocycles. The first-order chi connectivity index (χ1) is 12.1. The summed E-state index contributed by atoms with van der Waals surface area (Å²) in [5.41, 5.74) is 1.73. The summed E-state index contributed by atoms with van der Waals surface area (Å²) in [5, 5.41) is 10.1. The summed E-state index contributed by atoms with van der Waals surface area (Å²) in [5.74, 6) is -1.85. The minimum atomic E-state index is -1.52. The highest BCUT2D eigenvalue weighted by Gasteiger charge is 2.21. The monoisotopic (exact) mass is 333 g/mol. The van der Waals surface area contributed by atoms with E-state index in [1.165, 1.54) is 6.08 Å². The number of ketones is 1. The van der Waals surface area contributed by atoms with Gasteiger partial charge in [-0.1, -0.05) is 36.4 Å². The van der Waals surface area contributed by atoms with E-state index in [-0.39, 0.29) is 5.57 Å². The van der Waals surface area contributed by atoms with Crippen molar-refractivity contribution in [1.29, 1.82) is 0 Å². The first-order valence-corrected chi connectivity index (χ1v) is 7.58. The molecule has 5 heteroatoms. The van der Waals surface area contributed by atoms with E-state index in [9.17, 15) is 9.59 Å². The molecule has 2 aromatic carbocycles. The van der Waals surface area contributed by atoms with Gasteiger partial charge in [-0.15, -0.1) is 0 Å². The first-order valence-electron chi connectivity index (χ1n) is 7.58. The number of ether oxygens (including phenoxy) is 1. The topological polar surface area (TPSA) is 76.5 Å². The van der Waals surface area contributed by atoms with Crippen LogP contribution in [0, 0.1) is 0 Å². The zero-order valence-electron chi connectivity index (χ0n) is 13.5. The fourth-order valence-electron chi connectivity index (χ4n) is 2.45. The molecule has 0 radical (unpaired) electrons. The number of nitrogens with zero attached hydrogens (tertiary/aromatic N) is 1. The number of methoxy groups -OCH3 is 1. The molecule has 1 heterocycles. The summed E-state index contributed by atoms with van der Waals surface area (Å²) in [6, 6.07) is 17.9. The number of hydrogen-bond acceptors (Lipinski definition) is 4. The third-order valence-electron chi connectivity index (χ3n) is 3.74. The van der Waals surface area contributed by atoms with Crippen molar-refractivity contribution in [3.8, 4) is 5.75 Å². The number of aliphatic carboxylic acids is 1. The number of carbonyl (C=O) groups excluding carboxylic acids is 1. The Morgan fingerprint density at radius 3 is 2.40 bits per heavy atom. The number of pyridine rings is 1. The third-order valence-corrected chi connectivity index (χ3v) is 3.74. The van der Waals surface area contributed by atoms with Gasteiger partial charge in [0.05, 0.1) is 23.9 Å². The molecular formula is C20H15NO4. The van der Waals surface area contributed by atoms with Gasteiger partial charge in [0.1, 0.15) is 5.75 Å². The average molecular weight is 333 g/mol. The molecule has 0 unspecified atom stereocenters. The lowest BCUT2D eigenvalue weighted by atomic mass is 10.0. The van der Waals surface area contributed by atoms with E-state index in [0.29, 0.717) is 22.5 Å². The highest BCUT2D eigenvalue weighted by atomic mass is 16.5. The minimum absolute atomic E-state index is 0.0309. The summed E-state index contributed by atoms with van der Waals surface area (Å²) < 4.78 is 5.10. The van der Waals surface area contributed by atoms with E-state index in [2.05, 4.69) is 4.98 Å². The number of Topliss-reactive ketones (excluding diaryl/α,β-unsaturated/α-hetero) is 1. The van der Waals surface area contributed by atoms with Crippen LogP contribution in [0.5, 0.6) is 5.75 Å². The fraction of sp³-hybridized carbons (Fsp3) is 0.0500. The number of carboxylic acid groups (broad SMARTS) is 1. The van der Waals surface area contributed by atoms with Crippen LogP contribution in [0.3, 0.4) is 0 Å². The standard InChI is InChI=1S/C20H15NO4/c1-25-15-9-6-13(7-10-15)12-16(19(22)20(23)24)18-11-8-14-4-2-3-5-17(14)21-18/h2-12H,1H3,(H,23,24)/b16-12+. The normalized spacial score (nSPS) is 11.3. The number of carboxylic acids is 1. The van der Waals surface area contributed by atoms with Crippen LogP contribution in [-0.2, 0) is 9.59 Å². The van der Waals surface area contributed by atoms with Crippen LogP contribution in [0.1, 0.15) is 11.3 Å². The Labute approximate surface area is 144 Å². The SMILES string of the molecule is COc1ccc(/C=C(/C(=O)C(=O)O)c2ccc3ccccc3n2)cc1. The first kappa shape index (κ1) is 16.4. The highest BCUT2D eigenvalue weighted by Crippen LogP contribution is 2.22.